The monoisotopic (exact) mass is 255 g/mol. The van der Waals surface area contributed by atoms with E-state index in [0.29, 0.717) is 0 Å². The maximum atomic E-state index is 12.3. The van der Waals surface area contributed by atoms with Crippen LogP contribution in [0.25, 0.3) is 0 Å². The summed E-state index contributed by atoms with van der Waals surface area (Å²) in [6.45, 7) is 4.01. The van der Waals surface area contributed by atoms with Crippen LogP contribution < -0.4 is 5.32 Å². The minimum Gasteiger partial charge on any atom is -0.481 e. The normalized spacial score (nSPS) is 20.1. The Kier molecular flexibility index (Phi) is 5.63. The van der Waals surface area contributed by atoms with Crippen LogP contribution in [0.5, 0.6) is 0 Å². The standard InChI is InChI=1S/C14H25NO3/c1-3-7-11(10-12(16)17)15-13(18)14(2)8-5-4-6-9-14/h11H,3-10H2,1-2H3,(H,15,18)(H,16,17). The van der Waals surface area contributed by atoms with E-state index in [1.54, 1.807) is 0 Å². The van der Waals surface area contributed by atoms with Crippen molar-refractivity contribution in [2.45, 2.75) is 71.3 Å². The Bertz CT molecular complexity index is 295. The molecule has 0 radical (unpaired) electrons. The van der Waals surface area contributed by atoms with Crippen molar-refractivity contribution in [2.24, 2.45) is 5.41 Å². The summed E-state index contributed by atoms with van der Waals surface area (Å²) in [6.07, 6.45) is 6.88. The quantitative estimate of drug-likeness (QED) is 0.767. The molecule has 0 bridgehead atoms. The SMILES string of the molecule is CCCC(CC(=O)O)NC(=O)C1(C)CCCCC1. The molecule has 1 fully saturated rings. The van der Waals surface area contributed by atoms with Crippen LogP contribution in [0.1, 0.15) is 65.2 Å². The van der Waals surface area contributed by atoms with Crippen molar-refractivity contribution in [1.29, 1.82) is 0 Å². The fraction of sp³-hybridized carbons (Fsp3) is 0.857. The average molecular weight is 255 g/mol. The molecule has 4 heteroatoms. The molecule has 0 aromatic rings. The van der Waals surface area contributed by atoms with Crippen molar-refractivity contribution < 1.29 is 14.7 Å². The molecule has 18 heavy (non-hydrogen) atoms. The number of amides is 1. The summed E-state index contributed by atoms with van der Waals surface area (Å²) in [5, 5.41) is 11.8. The molecular formula is C14H25NO3. The summed E-state index contributed by atoms with van der Waals surface area (Å²) >= 11 is 0. The molecule has 1 saturated carbocycles. The van der Waals surface area contributed by atoms with Gasteiger partial charge in [-0.1, -0.05) is 39.5 Å². The number of hydrogen-bond acceptors (Lipinski definition) is 2. The maximum absolute atomic E-state index is 12.3. The van der Waals surface area contributed by atoms with Crippen LogP contribution in [0.2, 0.25) is 0 Å². The molecule has 1 atom stereocenters. The van der Waals surface area contributed by atoms with E-state index in [-0.39, 0.29) is 23.8 Å². The molecule has 1 amide bonds. The number of carbonyl (C=O) groups excluding carboxylic acids is 1. The summed E-state index contributed by atoms with van der Waals surface area (Å²) < 4.78 is 0. The number of rotatable bonds is 6. The van der Waals surface area contributed by atoms with E-state index in [1.165, 1.54) is 6.42 Å². The molecule has 1 unspecified atom stereocenters. The molecule has 0 saturated heterocycles. The first-order chi connectivity index (χ1) is 8.48. The highest BCUT2D eigenvalue weighted by molar-refractivity contribution is 5.83. The third-order valence-corrected chi connectivity index (χ3v) is 3.90. The van der Waals surface area contributed by atoms with E-state index in [9.17, 15) is 9.59 Å². The Hall–Kier alpha value is -1.06. The number of carboxylic acid groups (broad SMARTS) is 1. The van der Waals surface area contributed by atoms with E-state index in [0.717, 1.165) is 38.5 Å². The predicted molar refractivity (Wildman–Crippen MR) is 70.3 cm³/mol. The lowest BCUT2D eigenvalue weighted by Crippen LogP contribution is -2.45. The van der Waals surface area contributed by atoms with Crippen LogP contribution in [0.3, 0.4) is 0 Å². The van der Waals surface area contributed by atoms with Gasteiger partial charge in [0, 0.05) is 11.5 Å². The van der Waals surface area contributed by atoms with E-state index in [1.807, 2.05) is 13.8 Å². The summed E-state index contributed by atoms with van der Waals surface area (Å²) in [5.74, 6) is -0.801. The fourth-order valence-corrected chi connectivity index (χ4v) is 2.70. The highest BCUT2D eigenvalue weighted by atomic mass is 16.4. The van der Waals surface area contributed by atoms with Gasteiger partial charge in [-0.25, -0.2) is 0 Å². The third kappa shape index (κ3) is 4.31. The van der Waals surface area contributed by atoms with E-state index < -0.39 is 5.97 Å². The van der Waals surface area contributed by atoms with Crippen LogP contribution in [0.15, 0.2) is 0 Å². The van der Waals surface area contributed by atoms with Crippen LogP contribution in [-0.2, 0) is 9.59 Å². The zero-order valence-corrected chi connectivity index (χ0v) is 11.5. The lowest BCUT2D eigenvalue weighted by molar-refractivity contribution is -0.138. The topological polar surface area (TPSA) is 66.4 Å². The molecule has 2 N–H and O–H groups in total. The van der Waals surface area contributed by atoms with Gasteiger partial charge in [-0.3, -0.25) is 9.59 Å². The first-order valence-corrected chi connectivity index (χ1v) is 7.00. The summed E-state index contributed by atoms with van der Waals surface area (Å²) in [7, 11) is 0. The zero-order valence-electron chi connectivity index (χ0n) is 11.5. The Labute approximate surface area is 109 Å². The van der Waals surface area contributed by atoms with Gasteiger partial charge in [-0.15, -0.1) is 0 Å². The lowest BCUT2D eigenvalue weighted by Gasteiger charge is -2.33. The predicted octanol–water partition coefficient (Wildman–Crippen LogP) is 2.72. The van der Waals surface area contributed by atoms with E-state index in [2.05, 4.69) is 5.32 Å². The summed E-state index contributed by atoms with van der Waals surface area (Å²) in [5.41, 5.74) is -0.289. The van der Waals surface area contributed by atoms with Crippen molar-refractivity contribution >= 4 is 11.9 Å². The van der Waals surface area contributed by atoms with Gasteiger partial charge < -0.3 is 10.4 Å². The van der Waals surface area contributed by atoms with Gasteiger partial charge in [-0.2, -0.15) is 0 Å². The number of aliphatic carboxylic acids is 1. The van der Waals surface area contributed by atoms with Crippen molar-refractivity contribution in [2.75, 3.05) is 0 Å². The minimum atomic E-state index is -0.845. The maximum Gasteiger partial charge on any atom is 0.305 e. The largest absolute Gasteiger partial charge is 0.481 e. The van der Waals surface area contributed by atoms with Crippen LogP contribution in [-0.4, -0.2) is 23.0 Å². The highest BCUT2D eigenvalue weighted by Gasteiger charge is 2.35. The van der Waals surface area contributed by atoms with Gasteiger partial charge in [0.05, 0.1) is 6.42 Å². The Morgan fingerprint density at radius 3 is 2.39 bits per heavy atom. The minimum absolute atomic E-state index is 0.0235. The molecule has 4 nitrogen and oxygen atoms in total. The molecule has 0 heterocycles. The molecule has 0 aromatic carbocycles. The smallest absolute Gasteiger partial charge is 0.305 e. The number of hydrogen-bond donors (Lipinski definition) is 2. The van der Waals surface area contributed by atoms with Crippen molar-refractivity contribution in [3.63, 3.8) is 0 Å². The highest BCUT2D eigenvalue weighted by Crippen LogP contribution is 2.36. The number of carbonyl (C=O) groups is 2. The van der Waals surface area contributed by atoms with E-state index >= 15 is 0 Å². The van der Waals surface area contributed by atoms with Gasteiger partial charge >= 0.3 is 5.97 Å². The fourth-order valence-electron chi connectivity index (χ4n) is 2.70. The van der Waals surface area contributed by atoms with Crippen LogP contribution in [0.4, 0.5) is 0 Å². The average Bonchev–Trinajstić information content (AvgIpc) is 2.29. The first-order valence-electron chi connectivity index (χ1n) is 7.00. The van der Waals surface area contributed by atoms with Crippen LogP contribution >= 0.6 is 0 Å². The van der Waals surface area contributed by atoms with Crippen molar-refractivity contribution in [3.05, 3.63) is 0 Å². The molecule has 0 aliphatic heterocycles. The first kappa shape index (κ1) is 15.0. The molecule has 1 aliphatic rings. The second-order valence-electron chi connectivity index (χ2n) is 5.68. The summed E-state index contributed by atoms with van der Waals surface area (Å²) in [6, 6.07) is -0.223. The molecule has 0 spiro atoms. The van der Waals surface area contributed by atoms with Gasteiger partial charge in [0.1, 0.15) is 0 Å². The Balaban J connectivity index is 2.56. The van der Waals surface area contributed by atoms with Gasteiger partial charge in [-0.05, 0) is 19.3 Å². The second kappa shape index (κ2) is 6.76. The molecule has 104 valence electrons. The molecule has 1 aliphatic carbocycles. The van der Waals surface area contributed by atoms with Crippen LogP contribution in [0, 0.1) is 5.41 Å². The van der Waals surface area contributed by atoms with Gasteiger partial charge in [0.15, 0.2) is 0 Å². The lowest BCUT2D eigenvalue weighted by atomic mass is 9.75. The molecular weight excluding hydrogens is 230 g/mol. The Morgan fingerprint density at radius 2 is 1.89 bits per heavy atom. The molecule has 1 rings (SSSR count). The zero-order chi connectivity index (χ0) is 13.6. The number of nitrogens with one attached hydrogen (secondary N) is 1. The Morgan fingerprint density at radius 1 is 1.28 bits per heavy atom. The van der Waals surface area contributed by atoms with E-state index in [4.69, 9.17) is 5.11 Å². The molecule has 0 aromatic heterocycles. The number of carboxylic acids is 1. The van der Waals surface area contributed by atoms with Gasteiger partial charge in [0.2, 0.25) is 5.91 Å². The third-order valence-electron chi connectivity index (χ3n) is 3.90. The summed E-state index contributed by atoms with van der Waals surface area (Å²) in [4.78, 5) is 23.1. The van der Waals surface area contributed by atoms with Crippen molar-refractivity contribution in [1.82, 2.24) is 5.32 Å². The second-order valence-corrected chi connectivity index (χ2v) is 5.68. The van der Waals surface area contributed by atoms with Crippen molar-refractivity contribution in [3.8, 4) is 0 Å². The van der Waals surface area contributed by atoms with Gasteiger partial charge in [0.25, 0.3) is 0 Å².